The van der Waals surface area contributed by atoms with Gasteiger partial charge in [0.2, 0.25) is 5.91 Å². The topological polar surface area (TPSA) is 66.8 Å². The molecule has 0 radical (unpaired) electrons. The molecule has 1 heterocycles. The third-order valence-electron chi connectivity index (χ3n) is 4.05. The summed E-state index contributed by atoms with van der Waals surface area (Å²) in [6.45, 7) is 1.07. The van der Waals surface area contributed by atoms with E-state index in [9.17, 15) is 9.59 Å². The average molecular weight is 346 g/mol. The van der Waals surface area contributed by atoms with E-state index in [-0.39, 0.29) is 18.1 Å². The van der Waals surface area contributed by atoms with Gasteiger partial charge in [0.25, 0.3) is 0 Å². The van der Waals surface area contributed by atoms with Gasteiger partial charge in [0.1, 0.15) is 5.75 Å². The number of fused-ring (bicyclic) bond motifs is 1. The van der Waals surface area contributed by atoms with Gasteiger partial charge < -0.3 is 14.7 Å². The van der Waals surface area contributed by atoms with E-state index in [0.717, 1.165) is 23.1 Å². The monoisotopic (exact) mass is 345 g/mol. The molecule has 3 rings (SSSR count). The Morgan fingerprint density at radius 3 is 2.71 bits per heavy atom. The zero-order valence-corrected chi connectivity index (χ0v) is 13.6. The summed E-state index contributed by atoms with van der Waals surface area (Å²) in [5, 5.41) is 9.29. The molecule has 2 aromatic carbocycles. The molecule has 0 saturated heterocycles. The van der Waals surface area contributed by atoms with Gasteiger partial charge in [-0.15, -0.1) is 0 Å². The SMILES string of the molecule is O=C(O)Oc1ccc2c(c1)CN(C(=O)Cc1ccccc1Cl)CC2. The Balaban J connectivity index is 1.73. The van der Waals surface area contributed by atoms with Crippen LogP contribution in [0.15, 0.2) is 42.5 Å². The maximum atomic E-state index is 12.5. The van der Waals surface area contributed by atoms with Crippen molar-refractivity contribution >= 4 is 23.7 Å². The van der Waals surface area contributed by atoms with E-state index >= 15 is 0 Å². The molecule has 0 fully saturated rings. The number of hydrogen-bond donors (Lipinski definition) is 1. The molecule has 0 spiro atoms. The zero-order valence-electron chi connectivity index (χ0n) is 12.9. The Kier molecular flexibility index (Phi) is 4.71. The molecular formula is C18H16ClNO4. The van der Waals surface area contributed by atoms with E-state index in [2.05, 4.69) is 4.74 Å². The molecule has 24 heavy (non-hydrogen) atoms. The highest BCUT2D eigenvalue weighted by atomic mass is 35.5. The molecule has 1 N–H and O–H groups in total. The largest absolute Gasteiger partial charge is 0.511 e. The van der Waals surface area contributed by atoms with Crippen LogP contribution in [0.5, 0.6) is 5.75 Å². The molecule has 0 saturated carbocycles. The van der Waals surface area contributed by atoms with Crippen molar-refractivity contribution in [3.05, 3.63) is 64.2 Å². The fourth-order valence-corrected chi connectivity index (χ4v) is 3.03. The number of ether oxygens (including phenoxy) is 1. The Labute approximate surface area is 144 Å². The number of carbonyl (C=O) groups excluding carboxylic acids is 1. The predicted octanol–water partition coefficient (Wildman–Crippen LogP) is 3.52. The Bertz CT molecular complexity index is 790. The summed E-state index contributed by atoms with van der Waals surface area (Å²) in [6.07, 6.45) is -0.366. The van der Waals surface area contributed by atoms with Gasteiger partial charge in [-0.1, -0.05) is 35.9 Å². The van der Waals surface area contributed by atoms with Gasteiger partial charge in [-0.3, -0.25) is 4.79 Å². The van der Waals surface area contributed by atoms with Crippen LogP contribution in [0.1, 0.15) is 16.7 Å². The first kappa shape index (κ1) is 16.3. The van der Waals surface area contributed by atoms with Crippen molar-refractivity contribution in [2.75, 3.05) is 6.54 Å². The molecule has 0 atom stereocenters. The lowest BCUT2D eigenvalue weighted by Gasteiger charge is -2.29. The van der Waals surface area contributed by atoms with Crippen LogP contribution in [0, 0.1) is 0 Å². The normalized spacial score (nSPS) is 13.3. The van der Waals surface area contributed by atoms with Crippen molar-refractivity contribution in [3.8, 4) is 5.75 Å². The van der Waals surface area contributed by atoms with E-state index in [0.29, 0.717) is 18.1 Å². The van der Waals surface area contributed by atoms with E-state index < -0.39 is 6.16 Å². The third-order valence-corrected chi connectivity index (χ3v) is 4.42. The summed E-state index contributed by atoms with van der Waals surface area (Å²) < 4.78 is 4.68. The van der Waals surface area contributed by atoms with Crippen LogP contribution in [-0.2, 0) is 24.2 Å². The molecule has 124 valence electrons. The van der Waals surface area contributed by atoms with Crippen molar-refractivity contribution < 1.29 is 19.4 Å². The van der Waals surface area contributed by atoms with Gasteiger partial charge in [-0.05, 0) is 41.3 Å². The van der Waals surface area contributed by atoms with Crippen LogP contribution in [0.3, 0.4) is 0 Å². The standard InChI is InChI=1S/C18H16ClNO4/c19-16-4-2-1-3-13(16)10-17(21)20-8-7-12-5-6-15(24-18(22)23)9-14(12)11-20/h1-6,9H,7-8,10-11H2,(H,22,23). The summed E-state index contributed by atoms with van der Waals surface area (Å²) in [7, 11) is 0. The molecule has 0 aliphatic carbocycles. The maximum Gasteiger partial charge on any atom is 0.511 e. The number of carbonyl (C=O) groups is 2. The smallest absolute Gasteiger partial charge is 0.449 e. The van der Waals surface area contributed by atoms with Crippen molar-refractivity contribution in [1.29, 1.82) is 0 Å². The van der Waals surface area contributed by atoms with Gasteiger partial charge in [0.15, 0.2) is 0 Å². The van der Waals surface area contributed by atoms with Crippen LogP contribution in [0.2, 0.25) is 5.02 Å². The van der Waals surface area contributed by atoms with Gasteiger partial charge in [-0.25, -0.2) is 4.79 Å². The Morgan fingerprint density at radius 1 is 1.17 bits per heavy atom. The predicted molar refractivity (Wildman–Crippen MR) is 89.4 cm³/mol. The lowest BCUT2D eigenvalue weighted by molar-refractivity contribution is -0.131. The Morgan fingerprint density at radius 2 is 1.96 bits per heavy atom. The maximum absolute atomic E-state index is 12.5. The van der Waals surface area contributed by atoms with Crippen molar-refractivity contribution in [2.24, 2.45) is 0 Å². The summed E-state index contributed by atoms with van der Waals surface area (Å²) >= 11 is 6.11. The quantitative estimate of drug-likeness (QED) is 0.682. The molecule has 2 aromatic rings. The van der Waals surface area contributed by atoms with Crippen LogP contribution in [0.4, 0.5) is 4.79 Å². The van der Waals surface area contributed by atoms with Crippen molar-refractivity contribution in [1.82, 2.24) is 4.90 Å². The number of hydrogen-bond acceptors (Lipinski definition) is 3. The summed E-state index contributed by atoms with van der Waals surface area (Å²) in [5.74, 6) is 0.264. The molecule has 1 amide bonds. The van der Waals surface area contributed by atoms with Gasteiger partial charge in [0, 0.05) is 18.1 Å². The second-order valence-corrected chi connectivity index (χ2v) is 6.04. The number of rotatable bonds is 3. The highest BCUT2D eigenvalue weighted by Gasteiger charge is 2.22. The van der Waals surface area contributed by atoms with E-state index in [1.165, 1.54) is 0 Å². The molecule has 0 aromatic heterocycles. The molecule has 1 aliphatic heterocycles. The molecule has 5 nitrogen and oxygen atoms in total. The second-order valence-electron chi connectivity index (χ2n) is 5.63. The second kappa shape index (κ2) is 6.93. The number of nitrogens with zero attached hydrogens (tertiary/aromatic N) is 1. The van der Waals surface area contributed by atoms with Crippen LogP contribution in [-0.4, -0.2) is 28.6 Å². The minimum absolute atomic E-state index is 0.00157. The van der Waals surface area contributed by atoms with Gasteiger partial charge >= 0.3 is 6.16 Å². The van der Waals surface area contributed by atoms with Crippen LogP contribution < -0.4 is 4.74 Å². The Hall–Kier alpha value is -2.53. The number of halogens is 1. The minimum atomic E-state index is -1.35. The van der Waals surface area contributed by atoms with E-state index in [4.69, 9.17) is 16.7 Å². The lowest BCUT2D eigenvalue weighted by Crippen LogP contribution is -2.37. The molecule has 6 heteroatoms. The number of amides is 1. The molecule has 0 bridgehead atoms. The number of carboxylic acid groups (broad SMARTS) is 1. The lowest BCUT2D eigenvalue weighted by atomic mass is 9.99. The van der Waals surface area contributed by atoms with Crippen LogP contribution in [0.25, 0.3) is 0 Å². The third kappa shape index (κ3) is 3.68. The zero-order chi connectivity index (χ0) is 17.1. The van der Waals surface area contributed by atoms with Crippen molar-refractivity contribution in [3.63, 3.8) is 0 Å². The van der Waals surface area contributed by atoms with Crippen molar-refractivity contribution in [2.45, 2.75) is 19.4 Å². The first-order valence-electron chi connectivity index (χ1n) is 7.56. The number of benzene rings is 2. The highest BCUT2D eigenvalue weighted by Crippen LogP contribution is 2.25. The molecular weight excluding hydrogens is 330 g/mol. The van der Waals surface area contributed by atoms with Gasteiger partial charge in [0.05, 0.1) is 6.42 Å². The first-order valence-corrected chi connectivity index (χ1v) is 7.94. The van der Waals surface area contributed by atoms with Gasteiger partial charge in [-0.2, -0.15) is 0 Å². The fourth-order valence-electron chi connectivity index (χ4n) is 2.83. The summed E-state index contributed by atoms with van der Waals surface area (Å²) in [5.41, 5.74) is 2.82. The highest BCUT2D eigenvalue weighted by molar-refractivity contribution is 6.31. The minimum Gasteiger partial charge on any atom is -0.449 e. The van der Waals surface area contributed by atoms with Crippen LogP contribution >= 0.6 is 11.6 Å². The summed E-state index contributed by atoms with van der Waals surface area (Å²) in [6, 6.07) is 12.5. The fraction of sp³-hybridized carbons (Fsp3) is 0.222. The average Bonchev–Trinajstić information content (AvgIpc) is 2.55. The molecule has 1 aliphatic rings. The van der Waals surface area contributed by atoms with E-state index in [1.54, 1.807) is 23.1 Å². The van der Waals surface area contributed by atoms with E-state index in [1.807, 2.05) is 24.3 Å². The first-order chi connectivity index (χ1) is 11.5. The summed E-state index contributed by atoms with van der Waals surface area (Å²) in [4.78, 5) is 24.9. The molecule has 0 unspecified atom stereocenters.